The third kappa shape index (κ3) is 1.26. The zero-order valence-corrected chi connectivity index (χ0v) is 10.7. The molecule has 2 nitrogen and oxygen atoms in total. The number of carbonyl (C=O) groups excluding carboxylic acids is 1. The van der Waals surface area contributed by atoms with Crippen LogP contribution in [0.3, 0.4) is 0 Å². The molecule has 94 valence electrons. The van der Waals surface area contributed by atoms with Crippen molar-refractivity contribution >= 4 is 11.5 Å². The van der Waals surface area contributed by atoms with Crippen LogP contribution in [0.1, 0.15) is 35.2 Å². The highest BCUT2D eigenvalue weighted by Crippen LogP contribution is 2.69. The van der Waals surface area contributed by atoms with Crippen LogP contribution in [-0.4, -0.2) is 5.78 Å². The number of rotatable bonds is 2. The van der Waals surface area contributed by atoms with Crippen molar-refractivity contribution in [1.82, 2.24) is 0 Å². The largest absolute Gasteiger partial charge is 0.399 e. The molecule has 18 heavy (non-hydrogen) atoms. The maximum atomic E-state index is 12.6. The molecule has 4 rings (SSSR count). The van der Waals surface area contributed by atoms with Gasteiger partial charge in [0.05, 0.1) is 0 Å². The lowest BCUT2D eigenvalue weighted by Gasteiger charge is -2.10. The average molecular weight is 241 g/mol. The van der Waals surface area contributed by atoms with Crippen LogP contribution in [0.25, 0.3) is 0 Å². The molecule has 3 fully saturated rings. The summed E-state index contributed by atoms with van der Waals surface area (Å²) in [6.07, 6.45) is 4.15. The van der Waals surface area contributed by atoms with Gasteiger partial charge in [-0.25, -0.2) is 0 Å². The van der Waals surface area contributed by atoms with E-state index in [9.17, 15) is 4.79 Å². The number of nitrogen functional groups attached to an aromatic ring is 1. The van der Waals surface area contributed by atoms with E-state index in [0.29, 0.717) is 11.7 Å². The standard InChI is InChI=1S/C16H19NO/c1-8-6-11(17)4-5-12(8)16(18)15-13-9-2-3-10(7-9)14(13)15/h4-6,9-10,13-15H,2-3,7,17H2,1H3. The van der Waals surface area contributed by atoms with Gasteiger partial charge in [0.2, 0.25) is 0 Å². The number of fused-ring (bicyclic) bond motifs is 5. The zero-order valence-electron chi connectivity index (χ0n) is 10.7. The lowest BCUT2D eigenvalue weighted by atomic mass is 9.94. The van der Waals surface area contributed by atoms with Gasteiger partial charge in [0.15, 0.2) is 5.78 Å². The van der Waals surface area contributed by atoms with Gasteiger partial charge in [-0.15, -0.1) is 0 Å². The van der Waals surface area contributed by atoms with Gasteiger partial charge in [0.1, 0.15) is 0 Å². The number of hydrogen-bond acceptors (Lipinski definition) is 2. The van der Waals surface area contributed by atoms with Crippen LogP contribution >= 0.6 is 0 Å². The number of benzene rings is 1. The first-order valence-corrected chi connectivity index (χ1v) is 7.07. The molecule has 0 heterocycles. The van der Waals surface area contributed by atoms with Crippen molar-refractivity contribution in [2.24, 2.45) is 29.6 Å². The van der Waals surface area contributed by atoms with E-state index in [4.69, 9.17) is 5.73 Å². The van der Waals surface area contributed by atoms with Gasteiger partial charge in [-0.05, 0) is 73.6 Å². The fourth-order valence-corrected chi connectivity index (χ4v) is 4.82. The van der Waals surface area contributed by atoms with Gasteiger partial charge in [-0.3, -0.25) is 4.79 Å². The van der Waals surface area contributed by atoms with Crippen molar-refractivity contribution in [2.45, 2.75) is 26.2 Å². The Morgan fingerprint density at radius 2 is 1.89 bits per heavy atom. The Hall–Kier alpha value is -1.31. The van der Waals surface area contributed by atoms with Crippen LogP contribution in [-0.2, 0) is 0 Å². The number of carbonyl (C=O) groups is 1. The average Bonchev–Trinajstić information content (AvgIpc) is 2.77. The van der Waals surface area contributed by atoms with Crippen LogP contribution in [0.2, 0.25) is 0 Å². The molecule has 0 aliphatic heterocycles. The molecule has 2 bridgehead atoms. The fourth-order valence-electron chi connectivity index (χ4n) is 4.82. The Bertz CT molecular complexity index is 520. The molecule has 0 amide bonds. The number of hydrogen-bond donors (Lipinski definition) is 1. The summed E-state index contributed by atoms with van der Waals surface area (Å²) in [6.45, 7) is 2.00. The minimum absolute atomic E-state index is 0.346. The van der Waals surface area contributed by atoms with Crippen LogP contribution < -0.4 is 5.73 Å². The Balaban J connectivity index is 1.62. The third-order valence-corrected chi connectivity index (χ3v) is 5.55. The highest BCUT2D eigenvalue weighted by atomic mass is 16.1. The monoisotopic (exact) mass is 241 g/mol. The first-order valence-electron chi connectivity index (χ1n) is 7.07. The van der Waals surface area contributed by atoms with Crippen molar-refractivity contribution in [3.63, 3.8) is 0 Å². The highest BCUT2D eigenvalue weighted by Gasteiger charge is 2.67. The molecule has 3 aliphatic carbocycles. The normalized spacial score (nSPS) is 39.7. The van der Waals surface area contributed by atoms with E-state index in [1.54, 1.807) is 0 Å². The second-order valence-corrected chi connectivity index (χ2v) is 6.45. The van der Waals surface area contributed by atoms with Gasteiger partial charge < -0.3 is 5.73 Å². The quantitative estimate of drug-likeness (QED) is 0.639. The summed E-state index contributed by atoms with van der Waals surface area (Å²) in [5, 5.41) is 0. The summed E-state index contributed by atoms with van der Waals surface area (Å²) < 4.78 is 0. The van der Waals surface area contributed by atoms with E-state index < -0.39 is 0 Å². The molecule has 3 saturated carbocycles. The van der Waals surface area contributed by atoms with Crippen LogP contribution in [0.5, 0.6) is 0 Å². The number of Topliss-reactive ketones (excluding diaryl/α,β-unsaturated/α-hetero) is 1. The summed E-state index contributed by atoms with van der Waals surface area (Å²) in [6, 6.07) is 5.69. The van der Waals surface area contributed by atoms with Crippen molar-refractivity contribution in [3.8, 4) is 0 Å². The summed E-state index contributed by atoms with van der Waals surface area (Å²) in [5.74, 6) is 3.92. The molecule has 0 spiro atoms. The van der Waals surface area contributed by atoms with E-state index in [1.807, 2.05) is 25.1 Å². The van der Waals surface area contributed by atoms with Crippen molar-refractivity contribution < 1.29 is 4.79 Å². The fraction of sp³-hybridized carbons (Fsp3) is 0.562. The molecular weight excluding hydrogens is 222 g/mol. The van der Waals surface area contributed by atoms with Gasteiger partial charge in [-0.1, -0.05) is 0 Å². The molecule has 3 aliphatic rings. The minimum Gasteiger partial charge on any atom is -0.399 e. The third-order valence-electron chi connectivity index (χ3n) is 5.55. The maximum Gasteiger partial charge on any atom is 0.166 e. The van der Waals surface area contributed by atoms with E-state index in [1.165, 1.54) is 19.3 Å². The van der Waals surface area contributed by atoms with Crippen LogP contribution in [0.15, 0.2) is 18.2 Å². The number of nitrogens with two attached hydrogens (primary N) is 1. The van der Waals surface area contributed by atoms with Crippen molar-refractivity contribution in [2.75, 3.05) is 5.73 Å². The summed E-state index contributed by atoms with van der Waals surface area (Å²) >= 11 is 0. The lowest BCUT2D eigenvalue weighted by Crippen LogP contribution is -2.11. The van der Waals surface area contributed by atoms with E-state index in [0.717, 1.165) is 40.5 Å². The molecule has 4 unspecified atom stereocenters. The van der Waals surface area contributed by atoms with Crippen LogP contribution in [0.4, 0.5) is 5.69 Å². The second-order valence-electron chi connectivity index (χ2n) is 6.45. The summed E-state index contributed by atoms with van der Waals surface area (Å²) in [7, 11) is 0. The lowest BCUT2D eigenvalue weighted by molar-refractivity contribution is 0.0944. The molecular formula is C16H19NO. The molecule has 0 radical (unpaired) electrons. The van der Waals surface area contributed by atoms with E-state index in [2.05, 4.69) is 0 Å². The minimum atomic E-state index is 0.346. The van der Waals surface area contributed by atoms with E-state index in [-0.39, 0.29) is 0 Å². The number of aryl methyl sites for hydroxylation is 1. The molecule has 4 atom stereocenters. The number of ketones is 1. The zero-order chi connectivity index (χ0) is 12.4. The molecule has 2 N–H and O–H groups in total. The highest BCUT2D eigenvalue weighted by molar-refractivity contribution is 6.01. The Morgan fingerprint density at radius 3 is 2.50 bits per heavy atom. The topological polar surface area (TPSA) is 43.1 Å². The Labute approximate surface area is 108 Å². The predicted octanol–water partition coefficient (Wildman–Crippen LogP) is 3.05. The van der Waals surface area contributed by atoms with Gasteiger partial charge >= 0.3 is 0 Å². The Kier molecular flexibility index (Phi) is 1.98. The van der Waals surface area contributed by atoms with Gasteiger partial charge in [-0.2, -0.15) is 0 Å². The SMILES string of the molecule is Cc1cc(N)ccc1C(=O)C1C2C3CCC(C3)C12. The van der Waals surface area contributed by atoms with Gasteiger partial charge in [0, 0.05) is 17.2 Å². The maximum absolute atomic E-state index is 12.6. The van der Waals surface area contributed by atoms with E-state index >= 15 is 0 Å². The second kappa shape index (κ2) is 3.37. The predicted molar refractivity (Wildman–Crippen MR) is 71.2 cm³/mol. The molecule has 0 saturated heterocycles. The molecule has 0 aromatic heterocycles. The first kappa shape index (κ1) is 10.6. The molecule has 2 heteroatoms. The van der Waals surface area contributed by atoms with Crippen molar-refractivity contribution in [1.29, 1.82) is 0 Å². The van der Waals surface area contributed by atoms with Crippen molar-refractivity contribution in [3.05, 3.63) is 29.3 Å². The van der Waals surface area contributed by atoms with Gasteiger partial charge in [0.25, 0.3) is 0 Å². The first-order chi connectivity index (χ1) is 8.66. The molecule has 1 aromatic rings. The number of anilines is 1. The summed E-state index contributed by atoms with van der Waals surface area (Å²) in [5.41, 5.74) is 8.45. The summed E-state index contributed by atoms with van der Waals surface area (Å²) in [4.78, 5) is 12.6. The smallest absolute Gasteiger partial charge is 0.166 e. The van der Waals surface area contributed by atoms with Crippen LogP contribution in [0, 0.1) is 36.5 Å². The Morgan fingerprint density at radius 1 is 1.22 bits per heavy atom. The molecule has 1 aromatic carbocycles.